The number of thiophene rings is 1. The summed E-state index contributed by atoms with van der Waals surface area (Å²) in [4.78, 5) is 5.37. The topological polar surface area (TPSA) is 36.5 Å². The van der Waals surface area contributed by atoms with Gasteiger partial charge in [-0.15, -0.1) is 11.3 Å². The molecule has 5 heteroatoms. The van der Waals surface area contributed by atoms with E-state index in [1.807, 2.05) is 18.4 Å². The second kappa shape index (κ2) is 5.61. The predicted octanol–water partition coefficient (Wildman–Crippen LogP) is 2.55. The zero-order valence-corrected chi connectivity index (χ0v) is 15.0. The summed E-state index contributed by atoms with van der Waals surface area (Å²) in [6, 6.07) is 4.50. The normalized spacial score (nSPS) is 34.1. The van der Waals surface area contributed by atoms with Crippen molar-refractivity contribution in [2.45, 2.75) is 31.4 Å². The van der Waals surface area contributed by atoms with Gasteiger partial charge in [0.1, 0.15) is 5.60 Å². The first kappa shape index (κ1) is 15.0. The number of ether oxygens (including phenoxy) is 1. The van der Waals surface area contributed by atoms with Crippen LogP contribution in [0.3, 0.4) is 0 Å². The Morgan fingerprint density at radius 1 is 1.38 bits per heavy atom. The fourth-order valence-electron chi connectivity index (χ4n) is 4.83. The molecule has 0 amide bonds. The minimum Gasteiger partial charge on any atom is -0.470 e. The number of nitrogens with zero attached hydrogens (tertiary/aromatic N) is 1. The molecule has 1 atom stereocenters. The van der Waals surface area contributed by atoms with Gasteiger partial charge in [-0.05, 0) is 56.8 Å². The van der Waals surface area contributed by atoms with Crippen LogP contribution < -0.4 is 10.6 Å². The van der Waals surface area contributed by atoms with Crippen LogP contribution in [0.1, 0.15) is 29.0 Å². The smallest absolute Gasteiger partial charge is 0.191 e. The molecule has 6 heterocycles. The Balaban J connectivity index is 1.38. The van der Waals surface area contributed by atoms with E-state index in [4.69, 9.17) is 4.74 Å². The van der Waals surface area contributed by atoms with Crippen LogP contribution in [-0.2, 0) is 11.3 Å². The van der Waals surface area contributed by atoms with Gasteiger partial charge in [-0.3, -0.25) is 4.90 Å². The monoisotopic (exact) mass is 343 g/mol. The largest absolute Gasteiger partial charge is 0.470 e. The van der Waals surface area contributed by atoms with Crippen molar-refractivity contribution in [2.24, 2.45) is 5.92 Å². The van der Waals surface area contributed by atoms with Crippen LogP contribution in [0.25, 0.3) is 5.57 Å². The Kier molecular flexibility index (Phi) is 3.51. The molecule has 4 nitrogen and oxygen atoms in total. The minimum atomic E-state index is 0.0485. The fraction of sp³-hybridized carbons (Fsp3) is 0.579. The Morgan fingerprint density at radius 2 is 2.25 bits per heavy atom. The quantitative estimate of drug-likeness (QED) is 0.884. The standard InChI is InChI=1S/C19H25N3OS/c1-20-11-16-2-3-17(24-16)14-8-13-9-19(23-18(13)21-10-14)12-22-6-4-15(19)5-7-22/h2-3,8,15,20-21H,4-7,9-12H2,1H3. The summed E-state index contributed by atoms with van der Waals surface area (Å²) in [6.07, 6.45) is 6.08. The number of dihydropyridines is 1. The van der Waals surface area contributed by atoms with Gasteiger partial charge in [-0.2, -0.15) is 0 Å². The molecule has 3 saturated heterocycles. The van der Waals surface area contributed by atoms with E-state index in [0.29, 0.717) is 0 Å². The van der Waals surface area contributed by atoms with Crippen LogP contribution in [0.5, 0.6) is 0 Å². The average molecular weight is 343 g/mol. The number of hydrogen-bond acceptors (Lipinski definition) is 5. The van der Waals surface area contributed by atoms with Gasteiger partial charge in [0.25, 0.3) is 0 Å². The van der Waals surface area contributed by atoms with Crippen molar-refractivity contribution in [1.29, 1.82) is 0 Å². The van der Waals surface area contributed by atoms with Crippen LogP contribution in [0.15, 0.2) is 29.7 Å². The van der Waals surface area contributed by atoms with Gasteiger partial charge in [0.2, 0.25) is 0 Å². The molecule has 1 aromatic heterocycles. The molecule has 5 aliphatic heterocycles. The van der Waals surface area contributed by atoms with Crippen molar-refractivity contribution in [3.63, 3.8) is 0 Å². The molecule has 0 aliphatic carbocycles. The van der Waals surface area contributed by atoms with Crippen molar-refractivity contribution in [2.75, 3.05) is 33.2 Å². The van der Waals surface area contributed by atoms with Crippen molar-refractivity contribution in [1.82, 2.24) is 15.5 Å². The number of piperidine rings is 3. The highest BCUT2D eigenvalue weighted by Crippen LogP contribution is 2.48. The summed E-state index contributed by atoms with van der Waals surface area (Å²) in [5.74, 6) is 1.79. The molecule has 0 saturated carbocycles. The van der Waals surface area contributed by atoms with Gasteiger partial charge in [0, 0.05) is 47.3 Å². The second-order valence-electron chi connectivity index (χ2n) is 7.57. The van der Waals surface area contributed by atoms with Gasteiger partial charge in [0.15, 0.2) is 5.88 Å². The Labute approximate surface area is 147 Å². The van der Waals surface area contributed by atoms with Crippen LogP contribution in [-0.4, -0.2) is 43.7 Å². The molecule has 1 unspecified atom stereocenters. The minimum absolute atomic E-state index is 0.0485. The van der Waals surface area contributed by atoms with Gasteiger partial charge >= 0.3 is 0 Å². The van der Waals surface area contributed by atoms with Crippen molar-refractivity contribution in [3.8, 4) is 0 Å². The summed E-state index contributed by atoms with van der Waals surface area (Å²) >= 11 is 1.89. The Morgan fingerprint density at radius 3 is 3.00 bits per heavy atom. The third-order valence-corrected chi connectivity index (χ3v) is 7.19. The highest BCUT2D eigenvalue weighted by Gasteiger charge is 2.52. The van der Waals surface area contributed by atoms with E-state index in [-0.39, 0.29) is 5.60 Å². The van der Waals surface area contributed by atoms with E-state index >= 15 is 0 Å². The molecular formula is C19H25N3OS. The van der Waals surface area contributed by atoms with Crippen LogP contribution in [0.4, 0.5) is 0 Å². The lowest BCUT2D eigenvalue weighted by atomic mass is 9.73. The molecule has 2 N–H and O–H groups in total. The van der Waals surface area contributed by atoms with Gasteiger partial charge < -0.3 is 15.4 Å². The summed E-state index contributed by atoms with van der Waals surface area (Å²) in [5, 5.41) is 6.80. The number of fused-ring (bicyclic) bond motifs is 2. The number of allylic oxidation sites excluding steroid dienone is 1. The maximum absolute atomic E-state index is 6.53. The average Bonchev–Trinajstić information content (AvgIpc) is 3.19. The predicted molar refractivity (Wildman–Crippen MR) is 97.7 cm³/mol. The van der Waals surface area contributed by atoms with E-state index in [9.17, 15) is 0 Å². The molecule has 24 heavy (non-hydrogen) atoms. The third-order valence-electron chi connectivity index (χ3n) is 6.03. The maximum Gasteiger partial charge on any atom is 0.191 e. The maximum atomic E-state index is 6.53. The zero-order valence-electron chi connectivity index (χ0n) is 14.2. The summed E-state index contributed by atoms with van der Waals surface area (Å²) in [7, 11) is 2.00. The molecule has 1 aromatic rings. The van der Waals surface area contributed by atoms with E-state index < -0.39 is 0 Å². The van der Waals surface area contributed by atoms with E-state index in [1.54, 1.807) is 0 Å². The number of nitrogens with one attached hydrogen (secondary N) is 2. The third kappa shape index (κ3) is 2.33. The van der Waals surface area contributed by atoms with Gasteiger partial charge in [0.05, 0.1) is 0 Å². The molecule has 2 bridgehead atoms. The van der Waals surface area contributed by atoms with Crippen molar-refractivity contribution >= 4 is 16.9 Å². The summed E-state index contributed by atoms with van der Waals surface area (Å²) < 4.78 is 6.53. The van der Waals surface area contributed by atoms with E-state index in [2.05, 4.69) is 33.7 Å². The molecule has 0 radical (unpaired) electrons. The molecule has 5 aliphatic rings. The molecule has 0 aromatic carbocycles. The lowest BCUT2D eigenvalue weighted by molar-refractivity contribution is -0.116. The molecule has 128 valence electrons. The highest BCUT2D eigenvalue weighted by molar-refractivity contribution is 7.13. The van der Waals surface area contributed by atoms with Crippen molar-refractivity contribution in [3.05, 3.63) is 39.4 Å². The summed E-state index contributed by atoms with van der Waals surface area (Å²) in [5.41, 5.74) is 2.84. The van der Waals surface area contributed by atoms with E-state index in [1.165, 1.54) is 46.8 Å². The molecule has 6 rings (SSSR count). The lowest BCUT2D eigenvalue weighted by Crippen LogP contribution is -2.59. The van der Waals surface area contributed by atoms with Crippen LogP contribution in [0, 0.1) is 5.92 Å². The van der Waals surface area contributed by atoms with E-state index in [0.717, 1.165) is 37.9 Å². The first-order chi connectivity index (χ1) is 11.8. The highest BCUT2D eigenvalue weighted by atomic mass is 32.1. The Bertz CT molecular complexity index is 714. The SMILES string of the molecule is CNCc1ccc(C2=CC3=C(NC2)OC2(C3)CN3CCC2CC3)s1. The molecular weight excluding hydrogens is 318 g/mol. The lowest BCUT2D eigenvalue weighted by Gasteiger charge is -2.50. The Hall–Kier alpha value is -1.30. The van der Waals surface area contributed by atoms with Crippen molar-refractivity contribution < 1.29 is 4.74 Å². The summed E-state index contributed by atoms with van der Waals surface area (Å²) in [6.45, 7) is 5.46. The first-order valence-corrected chi connectivity index (χ1v) is 9.90. The zero-order chi connectivity index (χ0) is 16.1. The number of hydrogen-bond donors (Lipinski definition) is 2. The van der Waals surface area contributed by atoms with Gasteiger partial charge in [-0.1, -0.05) is 0 Å². The van der Waals surface area contributed by atoms with Crippen LogP contribution >= 0.6 is 11.3 Å². The molecule has 1 spiro atoms. The second-order valence-corrected chi connectivity index (χ2v) is 8.74. The first-order valence-electron chi connectivity index (χ1n) is 9.08. The molecule has 3 fully saturated rings. The fourth-order valence-corrected chi connectivity index (χ4v) is 5.86. The number of rotatable bonds is 3. The van der Waals surface area contributed by atoms with Gasteiger partial charge in [-0.25, -0.2) is 0 Å². The van der Waals surface area contributed by atoms with Crippen LogP contribution in [0.2, 0.25) is 0 Å².